The van der Waals surface area contributed by atoms with E-state index < -0.39 is 5.60 Å². The predicted molar refractivity (Wildman–Crippen MR) is 78.8 cm³/mol. The van der Waals surface area contributed by atoms with Gasteiger partial charge in [0.2, 0.25) is 5.78 Å². The van der Waals surface area contributed by atoms with E-state index in [2.05, 4.69) is 18.8 Å². The summed E-state index contributed by atoms with van der Waals surface area (Å²) < 4.78 is 7.89. The highest BCUT2D eigenvalue weighted by atomic mass is 16.5. The van der Waals surface area contributed by atoms with Crippen LogP contribution in [-0.4, -0.2) is 27.5 Å². The van der Waals surface area contributed by atoms with Crippen LogP contribution in [0.1, 0.15) is 63.5 Å². The van der Waals surface area contributed by atoms with E-state index in [9.17, 15) is 4.79 Å². The first-order valence-electron chi connectivity index (χ1n) is 7.83. The fourth-order valence-corrected chi connectivity index (χ4v) is 3.09. The first kappa shape index (κ1) is 15.2. The van der Waals surface area contributed by atoms with Gasteiger partial charge in [0.15, 0.2) is 5.82 Å². The lowest BCUT2D eigenvalue weighted by atomic mass is 9.76. The van der Waals surface area contributed by atoms with Crippen LogP contribution in [0.15, 0.2) is 12.4 Å². The fourth-order valence-electron chi connectivity index (χ4n) is 3.09. The first-order chi connectivity index (χ1) is 9.63. The second-order valence-electron chi connectivity index (χ2n) is 5.88. The molecule has 0 amide bonds. The van der Waals surface area contributed by atoms with Gasteiger partial charge < -0.3 is 9.30 Å². The molecule has 1 heterocycles. The van der Waals surface area contributed by atoms with Crippen molar-refractivity contribution in [1.29, 1.82) is 0 Å². The number of imidazole rings is 1. The third-order valence-corrected chi connectivity index (χ3v) is 4.30. The molecule has 0 saturated heterocycles. The normalized spacial score (nSPS) is 26.6. The van der Waals surface area contributed by atoms with Crippen LogP contribution in [0.5, 0.6) is 0 Å². The Morgan fingerprint density at radius 3 is 2.75 bits per heavy atom. The van der Waals surface area contributed by atoms with E-state index in [0.29, 0.717) is 18.3 Å². The molecule has 0 atom stereocenters. The van der Waals surface area contributed by atoms with Gasteiger partial charge in [-0.1, -0.05) is 13.8 Å². The molecular formula is C16H26N2O2. The highest BCUT2D eigenvalue weighted by Gasteiger charge is 2.43. The number of aryl methyl sites for hydroxylation is 1. The number of aromatic nitrogens is 2. The summed E-state index contributed by atoms with van der Waals surface area (Å²) in [4.78, 5) is 17.3. The third kappa shape index (κ3) is 2.95. The fraction of sp³-hybridized carbons (Fsp3) is 0.750. The summed E-state index contributed by atoms with van der Waals surface area (Å²) in [5, 5.41) is 0. The smallest absolute Gasteiger partial charge is 0.229 e. The summed E-state index contributed by atoms with van der Waals surface area (Å²) in [6.45, 7) is 7.73. The van der Waals surface area contributed by atoms with E-state index >= 15 is 0 Å². The van der Waals surface area contributed by atoms with Gasteiger partial charge in [0.05, 0.1) is 0 Å². The van der Waals surface area contributed by atoms with Crippen LogP contribution in [0.3, 0.4) is 0 Å². The van der Waals surface area contributed by atoms with Gasteiger partial charge in [0.1, 0.15) is 5.60 Å². The number of rotatable bonds is 6. The molecule has 1 aromatic rings. The molecule has 4 heteroatoms. The van der Waals surface area contributed by atoms with Crippen LogP contribution in [0.25, 0.3) is 0 Å². The zero-order valence-corrected chi connectivity index (χ0v) is 12.9. The molecule has 0 unspecified atom stereocenters. The van der Waals surface area contributed by atoms with Crippen LogP contribution in [0.4, 0.5) is 0 Å². The Bertz CT molecular complexity index is 445. The monoisotopic (exact) mass is 278 g/mol. The number of carbonyl (C=O) groups is 1. The number of ketones is 1. The lowest BCUT2D eigenvalue weighted by Crippen LogP contribution is -2.45. The van der Waals surface area contributed by atoms with E-state index in [1.165, 1.54) is 0 Å². The largest absolute Gasteiger partial charge is 0.367 e. The van der Waals surface area contributed by atoms with Crippen molar-refractivity contribution in [1.82, 2.24) is 9.55 Å². The maximum Gasteiger partial charge on any atom is 0.229 e. The number of hydrogen-bond donors (Lipinski definition) is 0. The molecule has 4 nitrogen and oxygen atoms in total. The second-order valence-corrected chi connectivity index (χ2v) is 5.88. The zero-order valence-electron chi connectivity index (χ0n) is 12.9. The lowest BCUT2D eigenvalue weighted by Gasteiger charge is -2.37. The quantitative estimate of drug-likeness (QED) is 0.748. The molecule has 1 fully saturated rings. The maximum absolute atomic E-state index is 13.0. The molecule has 112 valence electrons. The predicted octanol–water partition coefficient (Wildman–Crippen LogP) is 3.46. The number of hydrogen-bond acceptors (Lipinski definition) is 3. The van der Waals surface area contributed by atoms with Crippen molar-refractivity contribution in [2.24, 2.45) is 5.92 Å². The second kappa shape index (κ2) is 6.53. The standard InChI is InChI=1S/C16H26N2O2/c1-4-11-18-12-10-17-15(18)14(19)16(20-5-2)8-6-13(3)7-9-16/h10,12-13H,4-9,11H2,1-3H3. The van der Waals surface area contributed by atoms with E-state index in [0.717, 1.165) is 38.6 Å². The van der Waals surface area contributed by atoms with Gasteiger partial charge in [0, 0.05) is 25.5 Å². The van der Waals surface area contributed by atoms with Gasteiger partial charge in [0.25, 0.3) is 0 Å². The van der Waals surface area contributed by atoms with Crippen molar-refractivity contribution in [2.45, 2.75) is 65.0 Å². The average molecular weight is 278 g/mol. The molecular weight excluding hydrogens is 252 g/mol. The number of carbonyl (C=O) groups excluding carboxylic acids is 1. The van der Waals surface area contributed by atoms with Crippen LogP contribution in [0.2, 0.25) is 0 Å². The van der Waals surface area contributed by atoms with Crippen molar-refractivity contribution in [3.8, 4) is 0 Å². The molecule has 0 bridgehead atoms. The van der Waals surface area contributed by atoms with Crippen molar-refractivity contribution < 1.29 is 9.53 Å². The Labute approximate surface area is 121 Å². The van der Waals surface area contributed by atoms with Gasteiger partial charge in [-0.15, -0.1) is 0 Å². The molecule has 0 aromatic carbocycles. The molecule has 0 radical (unpaired) electrons. The Morgan fingerprint density at radius 2 is 2.15 bits per heavy atom. The molecule has 20 heavy (non-hydrogen) atoms. The van der Waals surface area contributed by atoms with Gasteiger partial charge in [-0.25, -0.2) is 4.98 Å². The highest BCUT2D eigenvalue weighted by Crippen LogP contribution is 2.37. The SMILES string of the molecule is CCCn1ccnc1C(=O)C1(OCC)CCC(C)CC1. The molecule has 1 saturated carbocycles. The highest BCUT2D eigenvalue weighted by molar-refractivity contribution is 5.99. The Kier molecular flexibility index (Phi) is 4.97. The number of nitrogens with zero attached hydrogens (tertiary/aromatic N) is 2. The average Bonchev–Trinajstić information content (AvgIpc) is 2.90. The molecule has 0 aliphatic heterocycles. The summed E-state index contributed by atoms with van der Waals surface area (Å²) in [5.41, 5.74) is -0.641. The van der Waals surface area contributed by atoms with E-state index in [-0.39, 0.29) is 5.78 Å². The van der Waals surface area contributed by atoms with E-state index in [1.807, 2.05) is 17.7 Å². The topological polar surface area (TPSA) is 44.1 Å². The first-order valence-corrected chi connectivity index (χ1v) is 7.83. The summed E-state index contributed by atoms with van der Waals surface area (Å²) in [7, 11) is 0. The molecule has 2 rings (SSSR count). The maximum atomic E-state index is 13.0. The Balaban J connectivity index is 2.24. The van der Waals surface area contributed by atoms with Gasteiger partial charge in [-0.2, -0.15) is 0 Å². The Hall–Kier alpha value is -1.16. The summed E-state index contributed by atoms with van der Waals surface area (Å²) >= 11 is 0. The van der Waals surface area contributed by atoms with Crippen molar-refractivity contribution in [3.63, 3.8) is 0 Å². The van der Waals surface area contributed by atoms with Gasteiger partial charge >= 0.3 is 0 Å². The number of Topliss-reactive ketones (excluding diaryl/α,β-unsaturated/α-hetero) is 1. The van der Waals surface area contributed by atoms with Crippen LogP contribution in [-0.2, 0) is 11.3 Å². The Morgan fingerprint density at radius 1 is 1.45 bits per heavy atom. The molecule has 1 aliphatic rings. The zero-order chi connectivity index (χ0) is 14.6. The molecule has 1 aromatic heterocycles. The van der Waals surface area contributed by atoms with Crippen molar-refractivity contribution in [3.05, 3.63) is 18.2 Å². The van der Waals surface area contributed by atoms with E-state index in [1.54, 1.807) is 6.20 Å². The third-order valence-electron chi connectivity index (χ3n) is 4.30. The molecule has 0 spiro atoms. The van der Waals surface area contributed by atoms with Crippen LogP contribution >= 0.6 is 0 Å². The minimum Gasteiger partial charge on any atom is -0.367 e. The van der Waals surface area contributed by atoms with Crippen LogP contribution in [0, 0.1) is 5.92 Å². The lowest BCUT2D eigenvalue weighted by molar-refractivity contribution is -0.0482. The van der Waals surface area contributed by atoms with Crippen molar-refractivity contribution >= 4 is 5.78 Å². The summed E-state index contributed by atoms with van der Waals surface area (Å²) in [6, 6.07) is 0. The van der Waals surface area contributed by atoms with Gasteiger partial charge in [-0.3, -0.25) is 4.79 Å². The summed E-state index contributed by atoms with van der Waals surface area (Å²) in [6.07, 6.45) is 8.35. The summed E-state index contributed by atoms with van der Waals surface area (Å²) in [5.74, 6) is 1.33. The molecule has 0 N–H and O–H groups in total. The minimum absolute atomic E-state index is 0.0738. The van der Waals surface area contributed by atoms with Gasteiger partial charge in [-0.05, 0) is 44.9 Å². The minimum atomic E-state index is -0.641. The van der Waals surface area contributed by atoms with E-state index in [4.69, 9.17) is 4.74 Å². The van der Waals surface area contributed by atoms with Crippen molar-refractivity contribution in [2.75, 3.05) is 6.61 Å². The molecule has 1 aliphatic carbocycles. The van der Waals surface area contributed by atoms with Crippen LogP contribution < -0.4 is 0 Å². The number of ether oxygens (including phenoxy) is 1.